The van der Waals surface area contributed by atoms with E-state index in [4.69, 9.17) is 11.6 Å². The van der Waals surface area contributed by atoms with Gasteiger partial charge in [0.05, 0.1) is 0 Å². The van der Waals surface area contributed by atoms with Crippen LogP contribution < -0.4 is 0 Å². The summed E-state index contributed by atoms with van der Waals surface area (Å²) in [6.07, 6.45) is 6.08. The van der Waals surface area contributed by atoms with Crippen LogP contribution in [0.25, 0.3) is 0 Å². The predicted molar refractivity (Wildman–Crippen MR) is 63.4 cm³/mol. The maximum absolute atomic E-state index is 11.6. The van der Waals surface area contributed by atoms with E-state index in [0.29, 0.717) is 6.54 Å². The molecule has 4 heteroatoms. The number of carbonyl (C=O) groups is 1. The van der Waals surface area contributed by atoms with Crippen molar-refractivity contribution >= 4 is 17.5 Å². The van der Waals surface area contributed by atoms with E-state index in [1.54, 1.807) is 0 Å². The fourth-order valence-electron chi connectivity index (χ4n) is 3.38. The summed E-state index contributed by atoms with van der Waals surface area (Å²) in [4.78, 5) is 13.5. The van der Waals surface area contributed by atoms with Crippen molar-refractivity contribution in [2.45, 2.75) is 32.1 Å². The quantitative estimate of drug-likeness (QED) is 0.752. The summed E-state index contributed by atoms with van der Waals surface area (Å²) in [5, 5.41) is 9.48. The van der Waals surface area contributed by atoms with E-state index >= 15 is 0 Å². The summed E-state index contributed by atoms with van der Waals surface area (Å²) >= 11 is 5.60. The molecule has 0 aromatic carbocycles. The predicted octanol–water partition coefficient (Wildman–Crippen LogP) is 1.63. The highest BCUT2D eigenvalue weighted by atomic mass is 35.5. The Bertz CT molecular complexity index is 264. The van der Waals surface area contributed by atoms with Crippen LogP contribution >= 0.6 is 11.6 Å². The van der Waals surface area contributed by atoms with Gasteiger partial charge in [-0.3, -0.25) is 4.79 Å². The van der Waals surface area contributed by atoms with E-state index in [0.717, 1.165) is 19.4 Å². The van der Waals surface area contributed by atoms with E-state index < -0.39 is 0 Å². The average Bonchev–Trinajstić information content (AvgIpc) is 2.67. The number of amides is 1. The van der Waals surface area contributed by atoms with Crippen LogP contribution in [0.4, 0.5) is 0 Å². The molecule has 1 heterocycles. The second kappa shape index (κ2) is 4.92. The van der Waals surface area contributed by atoms with Crippen molar-refractivity contribution < 1.29 is 9.90 Å². The SMILES string of the molecule is O=C(CCl)N1CC(CO)C2(CCCCC2)C1. The molecule has 1 amide bonds. The molecule has 1 atom stereocenters. The van der Waals surface area contributed by atoms with Crippen molar-refractivity contribution in [3.8, 4) is 0 Å². The first kappa shape index (κ1) is 12.2. The smallest absolute Gasteiger partial charge is 0.237 e. The van der Waals surface area contributed by atoms with Gasteiger partial charge >= 0.3 is 0 Å². The van der Waals surface area contributed by atoms with Gasteiger partial charge in [-0.2, -0.15) is 0 Å². The number of nitrogens with zero attached hydrogens (tertiary/aromatic N) is 1. The third-order valence-corrected chi connectivity index (χ3v) is 4.58. The summed E-state index contributed by atoms with van der Waals surface area (Å²) in [5.41, 5.74) is 0.189. The van der Waals surface area contributed by atoms with Crippen LogP contribution in [0.2, 0.25) is 0 Å². The molecule has 92 valence electrons. The minimum Gasteiger partial charge on any atom is -0.396 e. The van der Waals surface area contributed by atoms with Crippen molar-refractivity contribution in [3.63, 3.8) is 0 Å². The van der Waals surface area contributed by atoms with Crippen LogP contribution in [0.1, 0.15) is 32.1 Å². The molecule has 2 fully saturated rings. The first-order chi connectivity index (χ1) is 7.72. The largest absolute Gasteiger partial charge is 0.396 e. The van der Waals surface area contributed by atoms with Crippen molar-refractivity contribution in [2.75, 3.05) is 25.6 Å². The molecular formula is C12H20ClNO2. The highest BCUT2D eigenvalue weighted by molar-refractivity contribution is 6.27. The zero-order valence-corrected chi connectivity index (χ0v) is 10.4. The van der Waals surface area contributed by atoms with Gasteiger partial charge in [0, 0.05) is 25.6 Å². The van der Waals surface area contributed by atoms with E-state index in [1.807, 2.05) is 4.90 Å². The Hall–Kier alpha value is -0.280. The molecule has 0 aromatic heterocycles. The van der Waals surface area contributed by atoms with E-state index in [1.165, 1.54) is 19.3 Å². The van der Waals surface area contributed by atoms with Crippen LogP contribution in [0.3, 0.4) is 0 Å². The molecule has 0 bridgehead atoms. The molecule has 1 N–H and O–H groups in total. The molecule has 1 aliphatic heterocycles. The lowest BCUT2D eigenvalue weighted by Gasteiger charge is -2.37. The number of carbonyl (C=O) groups excluding carboxylic acids is 1. The molecule has 1 spiro atoms. The van der Waals surface area contributed by atoms with Gasteiger partial charge in [-0.1, -0.05) is 19.3 Å². The van der Waals surface area contributed by atoms with E-state index in [9.17, 15) is 9.90 Å². The lowest BCUT2D eigenvalue weighted by Crippen LogP contribution is -2.35. The minimum absolute atomic E-state index is 0.0163. The lowest BCUT2D eigenvalue weighted by atomic mass is 9.68. The van der Waals surface area contributed by atoms with Crippen molar-refractivity contribution in [2.24, 2.45) is 11.3 Å². The molecule has 1 aliphatic carbocycles. The molecule has 3 nitrogen and oxygen atoms in total. The maximum Gasteiger partial charge on any atom is 0.237 e. The Morgan fingerprint density at radius 3 is 2.62 bits per heavy atom. The minimum atomic E-state index is 0.0163. The number of rotatable bonds is 2. The highest BCUT2D eigenvalue weighted by Crippen LogP contribution is 2.47. The number of likely N-dealkylation sites (tertiary alicyclic amines) is 1. The Kier molecular flexibility index (Phi) is 3.75. The van der Waals surface area contributed by atoms with Crippen molar-refractivity contribution in [3.05, 3.63) is 0 Å². The van der Waals surface area contributed by atoms with Gasteiger partial charge in [-0.15, -0.1) is 11.6 Å². The van der Waals surface area contributed by atoms with Gasteiger partial charge in [0.1, 0.15) is 5.88 Å². The zero-order chi connectivity index (χ0) is 11.6. The second-order valence-corrected chi connectivity index (χ2v) is 5.48. The number of aliphatic hydroxyl groups is 1. The summed E-state index contributed by atoms with van der Waals surface area (Å²) < 4.78 is 0. The van der Waals surface area contributed by atoms with E-state index in [-0.39, 0.29) is 29.7 Å². The molecule has 2 aliphatic rings. The Balaban J connectivity index is 2.09. The standard InChI is InChI=1S/C12H20ClNO2/c13-6-11(16)14-7-10(8-15)12(9-14)4-2-1-3-5-12/h10,15H,1-9H2. The third kappa shape index (κ3) is 2.07. The molecule has 16 heavy (non-hydrogen) atoms. The van der Waals surface area contributed by atoms with Gasteiger partial charge in [0.25, 0.3) is 0 Å². The first-order valence-corrected chi connectivity index (χ1v) is 6.70. The number of aliphatic hydroxyl groups excluding tert-OH is 1. The van der Waals surface area contributed by atoms with E-state index in [2.05, 4.69) is 0 Å². The monoisotopic (exact) mass is 245 g/mol. The molecule has 0 aromatic rings. The topological polar surface area (TPSA) is 40.5 Å². The molecule has 1 saturated heterocycles. The summed E-state index contributed by atoms with van der Waals surface area (Å²) in [5.74, 6) is 0.344. The van der Waals surface area contributed by atoms with Gasteiger partial charge < -0.3 is 10.0 Å². The summed E-state index contributed by atoms with van der Waals surface area (Å²) in [7, 11) is 0. The number of hydrogen-bond donors (Lipinski definition) is 1. The number of halogens is 1. The Morgan fingerprint density at radius 2 is 2.06 bits per heavy atom. The average molecular weight is 246 g/mol. The number of alkyl halides is 1. The number of hydrogen-bond acceptors (Lipinski definition) is 2. The summed E-state index contributed by atoms with van der Waals surface area (Å²) in [6.45, 7) is 1.71. The van der Waals surface area contributed by atoms with Gasteiger partial charge in [0.2, 0.25) is 5.91 Å². The van der Waals surface area contributed by atoms with Crippen molar-refractivity contribution in [1.82, 2.24) is 4.90 Å². The molecule has 1 saturated carbocycles. The Labute approximate surface area is 102 Å². The van der Waals surface area contributed by atoms with Crippen LogP contribution in [0.15, 0.2) is 0 Å². The second-order valence-electron chi connectivity index (χ2n) is 5.21. The van der Waals surface area contributed by atoms with Gasteiger partial charge in [-0.25, -0.2) is 0 Å². The van der Waals surface area contributed by atoms with Crippen LogP contribution in [-0.4, -0.2) is 41.5 Å². The van der Waals surface area contributed by atoms with Crippen LogP contribution in [0.5, 0.6) is 0 Å². The van der Waals surface area contributed by atoms with Crippen LogP contribution in [-0.2, 0) is 4.79 Å². The fourth-order valence-corrected chi connectivity index (χ4v) is 3.55. The van der Waals surface area contributed by atoms with Gasteiger partial charge in [0.15, 0.2) is 0 Å². The van der Waals surface area contributed by atoms with Crippen LogP contribution in [0, 0.1) is 11.3 Å². The normalized spacial score (nSPS) is 28.6. The maximum atomic E-state index is 11.6. The van der Waals surface area contributed by atoms with Crippen molar-refractivity contribution in [1.29, 1.82) is 0 Å². The third-order valence-electron chi connectivity index (χ3n) is 4.35. The fraction of sp³-hybridized carbons (Fsp3) is 0.917. The molecular weight excluding hydrogens is 226 g/mol. The highest BCUT2D eigenvalue weighted by Gasteiger charge is 2.47. The first-order valence-electron chi connectivity index (χ1n) is 6.16. The Morgan fingerprint density at radius 1 is 1.38 bits per heavy atom. The molecule has 1 unspecified atom stereocenters. The lowest BCUT2D eigenvalue weighted by molar-refractivity contribution is -0.128. The zero-order valence-electron chi connectivity index (χ0n) is 9.62. The summed E-state index contributed by atoms with van der Waals surface area (Å²) in [6, 6.07) is 0. The van der Waals surface area contributed by atoms with Gasteiger partial charge in [-0.05, 0) is 18.3 Å². The molecule has 0 radical (unpaired) electrons. The molecule has 2 rings (SSSR count).